The molecule has 2 heterocycles. The first-order valence-electron chi connectivity index (χ1n) is 10.9. The molecular weight excluding hydrogens is 402 g/mol. The lowest BCUT2D eigenvalue weighted by atomic mass is 9.87. The topological polar surface area (TPSA) is 55.7 Å². The van der Waals surface area contributed by atoms with Gasteiger partial charge in [-0.15, -0.1) is 0 Å². The van der Waals surface area contributed by atoms with Crippen LogP contribution >= 0.6 is 0 Å². The van der Waals surface area contributed by atoms with Gasteiger partial charge < -0.3 is 24.3 Å². The van der Waals surface area contributed by atoms with Gasteiger partial charge in [0.2, 0.25) is 0 Å². The Morgan fingerprint density at radius 2 is 1.69 bits per heavy atom. The zero-order chi connectivity index (χ0) is 22.9. The number of ether oxygens (including phenoxy) is 2. The van der Waals surface area contributed by atoms with Gasteiger partial charge in [-0.05, 0) is 52.9 Å². The highest BCUT2D eigenvalue weighted by atomic mass is 16.5. The van der Waals surface area contributed by atoms with E-state index in [2.05, 4.69) is 55.1 Å². The third kappa shape index (κ3) is 4.17. The highest BCUT2D eigenvalue weighted by molar-refractivity contribution is 5.90. The zero-order valence-electron chi connectivity index (χ0n) is 19.4. The molecule has 0 aliphatic carbocycles. The molecule has 6 nitrogen and oxygen atoms in total. The second-order valence-corrected chi connectivity index (χ2v) is 9.09. The van der Waals surface area contributed by atoms with Gasteiger partial charge in [0.15, 0.2) is 11.5 Å². The Balaban J connectivity index is 1.64. The third-order valence-corrected chi connectivity index (χ3v) is 6.02. The summed E-state index contributed by atoms with van der Waals surface area (Å²) >= 11 is 0. The minimum atomic E-state index is -0.229. The summed E-state index contributed by atoms with van der Waals surface area (Å²) in [4.78, 5) is 15.3. The van der Waals surface area contributed by atoms with E-state index in [0.29, 0.717) is 18.0 Å². The predicted octanol–water partition coefficient (Wildman–Crippen LogP) is 5.44. The van der Waals surface area contributed by atoms with Crippen LogP contribution in [0.5, 0.6) is 11.5 Å². The molecule has 1 aliphatic rings. The maximum absolute atomic E-state index is 13.4. The van der Waals surface area contributed by atoms with Crippen molar-refractivity contribution >= 4 is 11.7 Å². The summed E-state index contributed by atoms with van der Waals surface area (Å²) in [6, 6.07) is 17.6. The second-order valence-electron chi connectivity index (χ2n) is 9.09. The molecule has 0 radical (unpaired) electrons. The smallest absolute Gasteiger partial charge is 0.322 e. The summed E-state index contributed by atoms with van der Waals surface area (Å²) in [7, 11) is 3.24. The van der Waals surface area contributed by atoms with Crippen LogP contribution in [0, 0.1) is 0 Å². The third-order valence-electron chi connectivity index (χ3n) is 6.02. The number of hydrogen-bond donors (Lipinski definition) is 1. The summed E-state index contributed by atoms with van der Waals surface area (Å²) in [5.41, 5.74) is 4.13. The number of methoxy groups -OCH3 is 2. The van der Waals surface area contributed by atoms with Crippen molar-refractivity contribution in [2.45, 2.75) is 38.8 Å². The van der Waals surface area contributed by atoms with Gasteiger partial charge in [0.25, 0.3) is 0 Å². The van der Waals surface area contributed by atoms with Crippen LogP contribution in [0.2, 0.25) is 0 Å². The number of amides is 2. The van der Waals surface area contributed by atoms with Crippen LogP contribution in [0.25, 0.3) is 0 Å². The molecule has 0 saturated carbocycles. The van der Waals surface area contributed by atoms with E-state index in [1.54, 1.807) is 14.2 Å². The van der Waals surface area contributed by atoms with Crippen molar-refractivity contribution in [2.75, 3.05) is 26.1 Å². The molecule has 0 saturated heterocycles. The SMILES string of the molecule is COc1ccc([C@H]2c3cccn3CCN2C(=O)Nc2ccc(C(C)(C)C)cc2)cc1OC. The molecule has 168 valence electrons. The van der Waals surface area contributed by atoms with Crippen LogP contribution in [-0.4, -0.2) is 36.3 Å². The molecule has 6 heteroatoms. The number of carbonyl (C=O) groups is 1. The number of hydrogen-bond acceptors (Lipinski definition) is 3. The Labute approximate surface area is 189 Å². The first-order chi connectivity index (χ1) is 15.3. The van der Waals surface area contributed by atoms with E-state index in [1.807, 2.05) is 41.3 Å². The average Bonchev–Trinajstić information content (AvgIpc) is 3.26. The van der Waals surface area contributed by atoms with Crippen LogP contribution < -0.4 is 14.8 Å². The van der Waals surface area contributed by atoms with Gasteiger partial charge in [-0.3, -0.25) is 0 Å². The Hall–Kier alpha value is -3.41. The standard InChI is InChI=1S/C26H31N3O3/c1-26(2,3)19-9-11-20(12-10-19)27-25(30)29-16-15-28-14-6-7-21(28)24(29)18-8-13-22(31-4)23(17-18)32-5/h6-14,17,24H,15-16H2,1-5H3,(H,27,30)/t24-/m0/s1. The number of fused-ring (bicyclic) bond motifs is 1. The minimum Gasteiger partial charge on any atom is -0.493 e. The number of carbonyl (C=O) groups excluding carboxylic acids is 1. The van der Waals surface area contributed by atoms with Gasteiger partial charge >= 0.3 is 6.03 Å². The lowest BCUT2D eigenvalue weighted by molar-refractivity contribution is 0.181. The Kier molecular flexibility index (Phi) is 5.87. The molecule has 0 spiro atoms. The van der Waals surface area contributed by atoms with E-state index in [0.717, 1.165) is 23.5 Å². The average molecular weight is 434 g/mol. The van der Waals surface area contributed by atoms with Crippen molar-refractivity contribution < 1.29 is 14.3 Å². The Morgan fingerprint density at radius 3 is 2.34 bits per heavy atom. The fourth-order valence-corrected chi connectivity index (χ4v) is 4.22. The molecular formula is C26H31N3O3. The van der Waals surface area contributed by atoms with Gasteiger partial charge in [0, 0.05) is 30.7 Å². The summed E-state index contributed by atoms with van der Waals surface area (Å²) in [6.45, 7) is 7.89. The number of rotatable bonds is 4. The van der Waals surface area contributed by atoms with Crippen molar-refractivity contribution in [1.29, 1.82) is 0 Å². The van der Waals surface area contributed by atoms with Crippen LogP contribution in [-0.2, 0) is 12.0 Å². The van der Waals surface area contributed by atoms with E-state index in [1.165, 1.54) is 5.56 Å². The predicted molar refractivity (Wildman–Crippen MR) is 127 cm³/mol. The van der Waals surface area contributed by atoms with Crippen molar-refractivity contribution in [3.63, 3.8) is 0 Å². The van der Waals surface area contributed by atoms with Crippen LogP contribution in [0.3, 0.4) is 0 Å². The number of nitrogens with one attached hydrogen (secondary N) is 1. The molecule has 1 N–H and O–H groups in total. The minimum absolute atomic E-state index is 0.0688. The lowest BCUT2D eigenvalue weighted by Crippen LogP contribution is -2.44. The Bertz CT molecular complexity index is 1100. The van der Waals surface area contributed by atoms with Crippen LogP contribution in [0.4, 0.5) is 10.5 Å². The molecule has 1 atom stereocenters. The van der Waals surface area contributed by atoms with Crippen LogP contribution in [0.1, 0.15) is 43.6 Å². The fraction of sp³-hybridized carbons (Fsp3) is 0.346. The van der Waals surface area contributed by atoms with E-state index >= 15 is 0 Å². The molecule has 0 unspecified atom stereocenters. The molecule has 0 bridgehead atoms. The van der Waals surface area contributed by atoms with E-state index in [4.69, 9.17) is 9.47 Å². The molecule has 32 heavy (non-hydrogen) atoms. The van der Waals surface area contributed by atoms with E-state index in [-0.39, 0.29) is 17.5 Å². The molecule has 1 aromatic heterocycles. The number of nitrogens with zero attached hydrogens (tertiary/aromatic N) is 2. The first kappa shape index (κ1) is 21.8. The van der Waals surface area contributed by atoms with Gasteiger partial charge in [0.05, 0.1) is 20.3 Å². The molecule has 3 aromatic rings. The summed E-state index contributed by atoms with van der Waals surface area (Å²) in [5.74, 6) is 1.31. The molecule has 4 rings (SSSR count). The van der Waals surface area contributed by atoms with Crippen molar-refractivity contribution in [3.8, 4) is 11.5 Å². The monoisotopic (exact) mass is 433 g/mol. The number of anilines is 1. The second kappa shape index (κ2) is 8.61. The number of urea groups is 1. The van der Waals surface area contributed by atoms with Gasteiger partial charge in [-0.25, -0.2) is 4.79 Å². The normalized spacial score (nSPS) is 15.8. The molecule has 1 aliphatic heterocycles. The highest BCUT2D eigenvalue weighted by Crippen LogP contribution is 2.37. The van der Waals surface area contributed by atoms with E-state index in [9.17, 15) is 4.79 Å². The maximum atomic E-state index is 13.4. The maximum Gasteiger partial charge on any atom is 0.322 e. The van der Waals surface area contributed by atoms with Gasteiger partial charge in [0.1, 0.15) is 0 Å². The number of benzene rings is 2. The quantitative estimate of drug-likeness (QED) is 0.596. The largest absolute Gasteiger partial charge is 0.493 e. The molecule has 0 fully saturated rings. The van der Waals surface area contributed by atoms with Crippen LogP contribution in [0.15, 0.2) is 60.8 Å². The summed E-state index contributed by atoms with van der Waals surface area (Å²) < 4.78 is 13.1. The van der Waals surface area contributed by atoms with E-state index < -0.39 is 0 Å². The summed E-state index contributed by atoms with van der Waals surface area (Å²) in [5, 5.41) is 3.09. The van der Waals surface area contributed by atoms with Crippen molar-refractivity contribution in [3.05, 3.63) is 77.6 Å². The molecule has 2 aromatic carbocycles. The molecule has 2 amide bonds. The Morgan fingerprint density at radius 1 is 0.969 bits per heavy atom. The van der Waals surface area contributed by atoms with Gasteiger partial charge in [-0.2, -0.15) is 0 Å². The highest BCUT2D eigenvalue weighted by Gasteiger charge is 2.33. The van der Waals surface area contributed by atoms with Crippen molar-refractivity contribution in [1.82, 2.24) is 9.47 Å². The van der Waals surface area contributed by atoms with Gasteiger partial charge in [-0.1, -0.05) is 39.0 Å². The number of aromatic nitrogens is 1. The summed E-state index contributed by atoms with van der Waals surface area (Å²) in [6.07, 6.45) is 2.06. The lowest BCUT2D eigenvalue weighted by Gasteiger charge is -2.37. The van der Waals surface area contributed by atoms with Crippen molar-refractivity contribution in [2.24, 2.45) is 0 Å². The zero-order valence-corrected chi connectivity index (χ0v) is 19.4. The fourth-order valence-electron chi connectivity index (χ4n) is 4.22. The first-order valence-corrected chi connectivity index (χ1v) is 10.9.